The fourth-order valence-electron chi connectivity index (χ4n) is 2.65. The van der Waals surface area contributed by atoms with Crippen molar-refractivity contribution in [3.05, 3.63) is 29.6 Å². The lowest BCUT2D eigenvalue weighted by Crippen LogP contribution is -2.44. The number of hydrogen-bond donors (Lipinski definition) is 1. The first-order valence-corrected chi connectivity index (χ1v) is 8.63. The molecule has 6 nitrogen and oxygen atoms in total. The molecule has 0 bridgehead atoms. The van der Waals surface area contributed by atoms with E-state index in [-0.39, 0.29) is 12.0 Å². The van der Waals surface area contributed by atoms with Crippen molar-refractivity contribution in [2.45, 2.75) is 25.5 Å². The molecule has 0 saturated carbocycles. The Balaban J connectivity index is 1.51. The first kappa shape index (κ1) is 16.2. The summed E-state index contributed by atoms with van der Waals surface area (Å²) in [6, 6.07) is 3.97. The number of likely N-dealkylation sites (N-methyl/N-ethyl adjacent to an activating group) is 1. The number of amides is 1. The van der Waals surface area contributed by atoms with Gasteiger partial charge in [0.25, 0.3) is 0 Å². The molecule has 0 atom stereocenters. The lowest BCUT2D eigenvalue weighted by atomic mass is 10.1. The fourth-order valence-corrected chi connectivity index (χ4v) is 3.32. The molecule has 0 aliphatic carbocycles. The third-order valence-corrected chi connectivity index (χ3v) is 4.83. The van der Waals surface area contributed by atoms with E-state index in [9.17, 15) is 9.90 Å². The molecular formula is C16H21N3O3S. The van der Waals surface area contributed by atoms with Crippen LogP contribution in [0.1, 0.15) is 18.7 Å². The predicted molar refractivity (Wildman–Crippen MR) is 88.0 cm³/mol. The van der Waals surface area contributed by atoms with E-state index in [1.54, 1.807) is 17.5 Å². The molecule has 1 saturated heterocycles. The number of oxazole rings is 1. The summed E-state index contributed by atoms with van der Waals surface area (Å²) in [6.45, 7) is 2.09. The Labute approximate surface area is 139 Å². The van der Waals surface area contributed by atoms with Gasteiger partial charge in [-0.2, -0.15) is 0 Å². The number of piperidine rings is 1. The Morgan fingerprint density at radius 2 is 2.30 bits per heavy atom. The minimum atomic E-state index is -0.264. The summed E-state index contributed by atoms with van der Waals surface area (Å²) in [5.41, 5.74) is 0. The predicted octanol–water partition coefficient (Wildman–Crippen LogP) is 1.82. The third kappa shape index (κ3) is 4.19. The largest absolute Gasteiger partial charge is 0.438 e. The molecule has 1 amide bonds. The highest BCUT2D eigenvalue weighted by Crippen LogP contribution is 2.25. The van der Waals surface area contributed by atoms with Gasteiger partial charge in [0, 0.05) is 13.1 Å². The van der Waals surface area contributed by atoms with E-state index in [0.717, 1.165) is 10.6 Å². The molecule has 3 rings (SSSR count). The maximum atomic E-state index is 12.3. The molecule has 1 fully saturated rings. The SMILES string of the molecule is CN(CC(=O)N1CCC(O)CC1)Cc1ncc(-c2cccs2)o1. The van der Waals surface area contributed by atoms with Crippen molar-refractivity contribution in [1.82, 2.24) is 14.8 Å². The Hall–Kier alpha value is -1.70. The number of carbonyl (C=O) groups excluding carboxylic acids is 1. The van der Waals surface area contributed by atoms with Crippen molar-refractivity contribution < 1.29 is 14.3 Å². The number of nitrogens with zero attached hydrogens (tertiary/aromatic N) is 3. The monoisotopic (exact) mass is 335 g/mol. The van der Waals surface area contributed by atoms with Gasteiger partial charge in [-0.15, -0.1) is 11.3 Å². The zero-order valence-electron chi connectivity index (χ0n) is 13.1. The van der Waals surface area contributed by atoms with Crippen molar-refractivity contribution in [3.63, 3.8) is 0 Å². The Morgan fingerprint density at radius 3 is 3.00 bits per heavy atom. The van der Waals surface area contributed by atoms with E-state index < -0.39 is 0 Å². The van der Waals surface area contributed by atoms with Crippen LogP contribution in [0.5, 0.6) is 0 Å². The van der Waals surface area contributed by atoms with Gasteiger partial charge in [-0.1, -0.05) is 6.07 Å². The number of carbonyl (C=O) groups is 1. The Bertz CT molecular complexity index is 633. The second kappa shape index (κ2) is 7.25. The van der Waals surface area contributed by atoms with Gasteiger partial charge in [0.05, 0.1) is 30.3 Å². The molecule has 0 radical (unpaired) electrons. The standard InChI is InChI=1S/C16H21N3O3S/c1-18(11-16(21)19-6-4-12(20)5-7-19)10-15-17-9-13(22-15)14-3-2-8-23-14/h2-3,8-9,12,20H,4-7,10-11H2,1H3. The van der Waals surface area contributed by atoms with Gasteiger partial charge in [-0.05, 0) is 31.3 Å². The number of thiophene rings is 1. The summed E-state index contributed by atoms with van der Waals surface area (Å²) >= 11 is 1.61. The van der Waals surface area contributed by atoms with Crippen LogP contribution in [0.2, 0.25) is 0 Å². The van der Waals surface area contributed by atoms with Crippen LogP contribution in [-0.4, -0.2) is 58.6 Å². The highest BCUT2D eigenvalue weighted by atomic mass is 32.1. The van der Waals surface area contributed by atoms with E-state index in [2.05, 4.69) is 4.98 Å². The molecule has 0 unspecified atom stereocenters. The van der Waals surface area contributed by atoms with Crippen molar-refractivity contribution >= 4 is 17.2 Å². The van der Waals surface area contributed by atoms with Crippen molar-refractivity contribution in [2.75, 3.05) is 26.7 Å². The molecule has 124 valence electrons. The molecule has 2 aromatic heterocycles. The lowest BCUT2D eigenvalue weighted by Gasteiger charge is -2.30. The van der Waals surface area contributed by atoms with Crippen LogP contribution in [0.4, 0.5) is 0 Å². The number of hydrogen-bond acceptors (Lipinski definition) is 6. The number of aliphatic hydroxyl groups is 1. The summed E-state index contributed by atoms with van der Waals surface area (Å²) in [6.07, 6.45) is 2.79. The van der Waals surface area contributed by atoms with E-state index in [0.29, 0.717) is 44.9 Å². The number of rotatable bonds is 5. The molecule has 7 heteroatoms. The smallest absolute Gasteiger partial charge is 0.236 e. The van der Waals surface area contributed by atoms with Gasteiger partial charge in [0.15, 0.2) is 5.76 Å². The van der Waals surface area contributed by atoms with Crippen LogP contribution in [0.15, 0.2) is 28.1 Å². The van der Waals surface area contributed by atoms with Gasteiger partial charge in [0.1, 0.15) is 0 Å². The highest BCUT2D eigenvalue weighted by molar-refractivity contribution is 7.13. The number of aromatic nitrogens is 1. The average molecular weight is 335 g/mol. The van der Waals surface area contributed by atoms with Crippen molar-refractivity contribution in [1.29, 1.82) is 0 Å². The minimum Gasteiger partial charge on any atom is -0.438 e. The summed E-state index contributed by atoms with van der Waals surface area (Å²) in [7, 11) is 1.88. The highest BCUT2D eigenvalue weighted by Gasteiger charge is 2.22. The zero-order valence-corrected chi connectivity index (χ0v) is 14.0. The van der Waals surface area contributed by atoms with Crippen LogP contribution in [0.3, 0.4) is 0 Å². The molecular weight excluding hydrogens is 314 g/mol. The first-order chi connectivity index (χ1) is 11.1. The normalized spacial score (nSPS) is 16.2. The maximum absolute atomic E-state index is 12.3. The van der Waals surface area contributed by atoms with Gasteiger partial charge in [-0.25, -0.2) is 4.98 Å². The lowest BCUT2D eigenvalue weighted by molar-refractivity contribution is -0.134. The maximum Gasteiger partial charge on any atom is 0.236 e. The molecule has 1 aliphatic rings. The molecule has 0 aromatic carbocycles. The van der Waals surface area contributed by atoms with E-state index in [1.165, 1.54) is 0 Å². The second-order valence-electron chi connectivity index (χ2n) is 5.88. The van der Waals surface area contributed by atoms with E-state index in [4.69, 9.17) is 4.42 Å². The van der Waals surface area contributed by atoms with Crippen LogP contribution in [0.25, 0.3) is 10.6 Å². The van der Waals surface area contributed by atoms with E-state index in [1.807, 2.05) is 34.4 Å². The fraction of sp³-hybridized carbons (Fsp3) is 0.500. The summed E-state index contributed by atoms with van der Waals surface area (Å²) in [5.74, 6) is 1.46. The van der Waals surface area contributed by atoms with Crippen molar-refractivity contribution in [3.8, 4) is 10.6 Å². The van der Waals surface area contributed by atoms with Gasteiger partial charge in [0.2, 0.25) is 11.8 Å². The Morgan fingerprint density at radius 1 is 1.52 bits per heavy atom. The molecule has 3 heterocycles. The van der Waals surface area contributed by atoms with Crippen LogP contribution in [0, 0.1) is 0 Å². The van der Waals surface area contributed by atoms with Gasteiger partial charge < -0.3 is 14.4 Å². The molecule has 1 aliphatic heterocycles. The minimum absolute atomic E-state index is 0.0874. The van der Waals surface area contributed by atoms with Crippen LogP contribution < -0.4 is 0 Å². The topological polar surface area (TPSA) is 69.8 Å². The third-order valence-electron chi connectivity index (χ3n) is 3.95. The zero-order chi connectivity index (χ0) is 16.2. The van der Waals surface area contributed by atoms with Crippen molar-refractivity contribution in [2.24, 2.45) is 0 Å². The molecule has 23 heavy (non-hydrogen) atoms. The number of likely N-dealkylation sites (tertiary alicyclic amines) is 1. The second-order valence-corrected chi connectivity index (χ2v) is 6.83. The van der Waals surface area contributed by atoms with E-state index >= 15 is 0 Å². The average Bonchev–Trinajstić information content (AvgIpc) is 3.18. The quantitative estimate of drug-likeness (QED) is 0.902. The van der Waals surface area contributed by atoms with Crippen LogP contribution >= 0.6 is 11.3 Å². The molecule has 2 aromatic rings. The summed E-state index contributed by atoms with van der Waals surface area (Å²) in [5, 5.41) is 11.5. The summed E-state index contributed by atoms with van der Waals surface area (Å²) in [4.78, 5) is 21.3. The van der Waals surface area contributed by atoms with Crippen LogP contribution in [-0.2, 0) is 11.3 Å². The first-order valence-electron chi connectivity index (χ1n) is 7.75. The molecule has 0 spiro atoms. The molecule has 1 N–H and O–H groups in total. The van der Waals surface area contributed by atoms with Gasteiger partial charge >= 0.3 is 0 Å². The Kier molecular flexibility index (Phi) is 5.09. The summed E-state index contributed by atoms with van der Waals surface area (Å²) < 4.78 is 5.74. The number of aliphatic hydroxyl groups excluding tert-OH is 1. The van der Waals surface area contributed by atoms with Gasteiger partial charge in [-0.3, -0.25) is 9.69 Å².